The summed E-state index contributed by atoms with van der Waals surface area (Å²) in [6.07, 6.45) is 1.31. The number of aliphatic hydroxyl groups is 1. The van der Waals surface area contributed by atoms with Crippen LogP contribution < -0.4 is 4.90 Å². The first-order chi connectivity index (χ1) is 13.1. The van der Waals surface area contributed by atoms with E-state index in [1.165, 1.54) is 11.8 Å². The van der Waals surface area contributed by atoms with Crippen molar-refractivity contribution < 1.29 is 9.90 Å². The van der Waals surface area contributed by atoms with E-state index in [4.69, 9.17) is 0 Å². The number of rotatable bonds is 8. The lowest BCUT2D eigenvalue weighted by Crippen LogP contribution is -2.24. The molecule has 0 radical (unpaired) electrons. The van der Waals surface area contributed by atoms with Crippen LogP contribution in [0.15, 0.2) is 35.4 Å². The summed E-state index contributed by atoms with van der Waals surface area (Å²) < 4.78 is 0. The first kappa shape index (κ1) is 20.4. The van der Waals surface area contributed by atoms with Gasteiger partial charge in [0.25, 0.3) is 0 Å². The van der Waals surface area contributed by atoms with Crippen LogP contribution in [0.2, 0.25) is 0 Å². The number of aldehydes is 1. The topological polar surface area (TPSA) is 101 Å². The van der Waals surface area contributed by atoms with Crippen LogP contribution in [0, 0.1) is 22.7 Å². The molecule has 27 heavy (non-hydrogen) atoms. The zero-order valence-electron chi connectivity index (χ0n) is 15.2. The van der Waals surface area contributed by atoms with Gasteiger partial charge in [0, 0.05) is 13.6 Å². The lowest BCUT2D eigenvalue weighted by Gasteiger charge is -2.22. The molecule has 1 aromatic carbocycles. The van der Waals surface area contributed by atoms with Gasteiger partial charge >= 0.3 is 0 Å². The lowest BCUT2D eigenvalue weighted by atomic mass is 10.0. The summed E-state index contributed by atoms with van der Waals surface area (Å²) in [5.74, 6) is 0.405. The molecule has 0 bridgehead atoms. The van der Waals surface area contributed by atoms with Crippen LogP contribution in [-0.2, 0) is 11.2 Å². The molecular weight excluding hydrogens is 360 g/mol. The molecule has 0 fully saturated rings. The molecule has 1 atom stereocenters. The summed E-state index contributed by atoms with van der Waals surface area (Å²) in [7, 11) is 1.73. The molecule has 1 aromatic heterocycles. The van der Waals surface area contributed by atoms with E-state index in [0.29, 0.717) is 40.5 Å². The maximum atomic E-state index is 11.7. The number of likely N-dealkylation sites (N-methyl/N-ethyl adjacent to an activating group) is 1. The van der Waals surface area contributed by atoms with E-state index >= 15 is 0 Å². The average Bonchev–Trinajstić information content (AvgIpc) is 2.71. The standard InChI is InChI=1S/C20H20N4O2S/c1-3-15-16(11-21)19(24(2)9-10-25)23-20(17(15)12-22)27-18(13-26)14-7-5-4-6-8-14/h4-8,13,18,25H,3,9-10H2,1-2H3. The van der Waals surface area contributed by atoms with Crippen LogP contribution >= 0.6 is 11.8 Å². The van der Waals surface area contributed by atoms with Gasteiger partial charge in [-0.2, -0.15) is 10.5 Å². The van der Waals surface area contributed by atoms with Crippen LogP contribution in [0.3, 0.4) is 0 Å². The fraction of sp³-hybridized carbons (Fsp3) is 0.300. The molecule has 1 unspecified atom stereocenters. The van der Waals surface area contributed by atoms with Crippen molar-refractivity contribution in [3.8, 4) is 12.1 Å². The number of anilines is 1. The number of hydrogen-bond acceptors (Lipinski definition) is 7. The van der Waals surface area contributed by atoms with Gasteiger partial charge in [0.15, 0.2) is 0 Å². The van der Waals surface area contributed by atoms with E-state index < -0.39 is 5.25 Å². The van der Waals surface area contributed by atoms with Gasteiger partial charge in [-0.1, -0.05) is 49.0 Å². The summed E-state index contributed by atoms with van der Waals surface area (Å²) in [6, 6.07) is 13.6. The molecular formula is C20H20N4O2S. The van der Waals surface area contributed by atoms with Crippen molar-refractivity contribution in [2.75, 3.05) is 25.1 Å². The number of nitrogens with zero attached hydrogens (tertiary/aromatic N) is 4. The van der Waals surface area contributed by atoms with Gasteiger partial charge in [-0.3, -0.25) is 0 Å². The molecule has 0 aliphatic carbocycles. The maximum Gasteiger partial charge on any atom is 0.148 e. The van der Waals surface area contributed by atoms with Crippen molar-refractivity contribution in [1.29, 1.82) is 10.5 Å². The number of benzene rings is 1. The Labute approximate surface area is 163 Å². The van der Waals surface area contributed by atoms with Gasteiger partial charge in [0.05, 0.1) is 23.0 Å². The van der Waals surface area contributed by atoms with E-state index in [1.54, 1.807) is 11.9 Å². The zero-order valence-corrected chi connectivity index (χ0v) is 16.0. The van der Waals surface area contributed by atoms with Crippen LogP contribution in [0.5, 0.6) is 0 Å². The number of carbonyl (C=O) groups is 1. The molecule has 6 nitrogen and oxygen atoms in total. The Morgan fingerprint density at radius 3 is 2.44 bits per heavy atom. The van der Waals surface area contributed by atoms with E-state index in [-0.39, 0.29) is 6.61 Å². The first-order valence-corrected chi connectivity index (χ1v) is 9.35. The molecule has 0 amide bonds. The van der Waals surface area contributed by atoms with Gasteiger partial charge in [-0.25, -0.2) is 4.98 Å². The number of pyridine rings is 1. The fourth-order valence-corrected chi connectivity index (χ4v) is 3.75. The minimum atomic E-state index is -0.514. The van der Waals surface area contributed by atoms with Crippen LogP contribution in [0.4, 0.5) is 5.82 Å². The van der Waals surface area contributed by atoms with Crippen molar-refractivity contribution in [2.45, 2.75) is 23.6 Å². The normalized spacial score (nSPS) is 11.3. The predicted octanol–water partition coefficient (Wildman–Crippen LogP) is 2.85. The number of carbonyl (C=O) groups excluding carboxylic acids is 1. The smallest absolute Gasteiger partial charge is 0.148 e. The Morgan fingerprint density at radius 1 is 1.26 bits per heavy atom. The largest absolute Gasteiger partial charge is 0.395 e. The summed E-state index contributed by atoms with van der Waals surface area (Å²) in [5, 5.41) is 28.4. The second-order valence-electron chi connectivity index (χ2n) is 5.78. The van der Waals surface area contributed by atoms with Crippen LogP contribution in [0.25, 0.3) is 0 Å². The van der Waals surface area contributed by atoms with Crippen LogP contribution in [-0.4, -0.2) is 36.6 Å². The highest BCUT2D eigenvalue weighted by molar-refractivity contribution is 8.00. The molecule has 7 heteroatoms. The summed E-state index contributed by atoms with van der Waals surface area (Å²) in [5.41, 5.74) is 2.07. The molecule has 0 spiro atoms. The van der Waals surface area contributed by atoms with E-state index in [2.05, 4.69) is 17.1 Å². The highest BCUT2D eigenvalue weighted by Gasteiger charge is 2.24. The highest BCUT2D eigenvalue weighted by atomic mass is 32.2. The van der Waals surface area contributed by atoms with Gasteiger partial charge in [-0.15, -0.1) is 0 Å². The molecule has 138 valence electrons. The maximum absolute atomic E-state index is 11.7. The summed E-state index contributed by atoms with van der Waals surface area (Å²) in [4.78, 5) is 17.9. The van der Waals surface area contributed by atoms with Crippen molar-refractivity contribution >= 4 is 23.9 Å². The molecule has 2 rings (SSSR count). The quantitative estimate of drug-likeness (QED) is 0.555. The number of nitriles is 2. The second kappa shape index (κ2) is 9.72. The number of aliphatic hydroxyl groups excluding tert-OH is 1. The van der Waals surface area contributed by atoms with Crippen molar-refractivity contribution in [3.63, 3.8) is 0 Å². The van der Waals surface area contributed by atoms with Crippen molar-refractivity contribution in [1.82, 2.24) is 4.98 Å². The third-order valence-corrected chi connectivity index (χ3v) is 5.27. The minimum Gasteiger partial charge on any atom is -0.395 e. The SMILES string of the molecule is CCc1c(C#N)c(SC(C=O)c2ccccc2)nc(N(C)CCO)c1C#N. The highest BCUT2D eigenvalue weighted by Crippen LogP contribution is 2.38. The third kappa shape index (κ3) is 4.46. The average molecular weight is 380 g/mol. The van der Waals surface area contributed by atoms with Gasteiger partial charge in [0.2, 0.25) is 0 Å². The summed E-state index contributed by atoms with van der Waals surface area (Å²) in [6.45, 7) is 2.08. The van der Waals surface area contributed by atoms with Crippen molar-refractivity contribution in [2.24, 2.45) is 0 Å². The van der Waals surface area contributed by atoms with Gasteiger partial charge < -0.3 is 14.8 Å². The van der Waals surface area contributed by atoms with Gasteiger partial charge in [-0.05, 0) is 17.5 Å². The molecule has 0 aliphatic heterocycles. The number of hydrogen-bond donors (Lipinski definition) is 1. The van der Waals surface area contributed by atoms with Crippen LogP contribution in [0.1, 0.15) is 34.4 Å². The Hall–Kier alpha value is -2.87. The molecule has 0 aliphatic rings. The monoisotopic (exact) mass is 380 g/mol. The summed E-state index contributed by atoms with van der Waals surface area (Å²) >= 11 is 1.19. The minimum absolute atomic E-state index is 0.0893. The molecule has 2 aromatic rings. The van der Waals surface area contributed by atoms with Gasteiger partial charge in [0.1, 0.15) is 29.3 Å². The lowest BCUT2D eigenvalue weighted by molar-refractivity contribution is -0.107. The zero-order chi connectivity index (χ0) is 19.8. The van der Waals surface area contributed by atoms with E-state index in [9.17, 15) is 20.4 Å². The molecule has 1 heterocycles. The van der Waals surface area contributed by atoms with E-state index in [1.807, 2.05) is 37.3 Å². The molecule has 1 N–H and O–H groups in total. The Morgan fingerprint density at radius 2 is 1.93 bits per heavy atom. The molecule has 0 saturated heterocycles. The van der Waals surface area contributed by atoms with E-state index in [0.717, 1.165) is 11.8 Å². The molecule has 0 saturated carbocycles. The Kier molecular flexibility index (Phi) is 7.36. The Bertz CT molecular complexity index is 888. The third-order valence-electron chi connectivity index (χ3n) is 4.11. The first-order valence-electron chi connectivity index (χ1n) is 8.47. The second-order valence-corrected chi connectivity index (χ2v) is 6.91. The number of thioether (sulfide) groups is 1. The Balaban J connectivity index is 2.61. The fourth-order valence-electron chi connectivity index (χ4n) is 2.74. The number of aromatic nitrogens is 1. The van der Waals surface area contributed by atoms with Crippen molar-refractivity contribution in [3.05, 3.63) is 52.6 Å². The predicted molar refractivity (Wildman–Crippen MR) is 105 cm³/mol.